The highest BCUT2D eigenvalue weighted by molar-refractivity contribution is 8.04. The molecule has 2 aliphatic rings. The van der Waals surface area contributed by atoms with E-state index in [0.29, 0.717) is 0 Å². The Bertz CT molecular complexity index is 333. The molecule has 0 aromatic heterocycles. The smallest absolute Gasteiger partial charge is 0.0313 e. The van der Waals surface area contributed by atoms with Crippen molar-refractivity contribution in [1.82, 2.24) is 0 Å². The largest absolute Gasteiger partial charge is 0.118 e. The molecular weight excluding hydrogens is 212 g/mol. The molecule has 1 aliphatic heterocycles. The lowest BCUT2D eigenvalue weighted by Gasteiger charge is -2.13. The summed E-state index contributed by atoms with van der Waals surface area (Å²) in [4.78, 5) is 1.53. The highest BCUT2D eigenvalue weighted by Gasteiger charge is 2.28. The predicted octanol–water partition coefficient (Wildman–Crippen LogP) is 5.23. The Morgan fingerprint density at radius 2 is 2.00 bits per heavy atom. The molecule has 0 saturated carbocycles. The zero-order chi connectivity index (χ0) is 11.4. The van der Waals surface area contributed by atoms with Crippen molar-refractivity contribution in [3.05, 3.63) is 34.3 Å². The number of unbranched alkanes of at least 4 members (excludes halogenated alkanes) is 2. The van der Waals surface area contributed by atoms with Crippen molar-refractivity contribution in [2.24, 2.45) is 0 Å². The van der Waals surface area contributed by atoms with E-state index in [9.17, 15) is 0 Å². The summed E-state index contributed by atoms with van der Waals surface area (Å²) < 4.78 is 0. The molecular formula is C15H22S. The van der Waals surface area contributed by atoms with Crippen LogP contribution in [0.4, 0.5) is 0 Å². The molecule has 0 radical (unpaired) electrons. The fourth-order valence-electron chi connectivity index (χ4n) is 2.46. The average Bonchev–Trinajstić information content (AvgIpc) is 2.84. The van der Waals surface area contributed by atoms with Crippen LogP contribution >= 0.6 is 11.8 Å². The predicted molar refractivity (Wildman–Crippen MR) is 74.7 cm³/mol. The van der Waals surface area contributed by atoms with Crippen LogP contribution in [-0.2, 0) is 0 Å². The molecule has 0 spiro atoms. The molecule has 0 aromatic rings. The van der Waals surface area contributed by atoms with Crippen LogP contribution < -0.4 is 0 Å². The standard InChI is InChI=1S/C15H22S/c1-3-5-8-12-13-9-7-11-15(13)16-14(12)10-6-4-2/h7,9,11,14H,3-6,8,10H2,1-2H3. The fraction of sp³-hybridized carbons (Fsp3) is 0.600. The molecule has 1 atom stereocenters. The highest BCUT2D eigenvalue weighted by Crippen LogP contribution is 2.48. The Balaban J connectivity index is 2.07. The van der Waals surface area contributed by atoms with Gasteiger partial charge < -0.3 is 0 Å². The first-order valence-electron chi connectivity index (χ1n) is 6.65. The molecule has 1 heteroatoms. The zero-order valence-electron chi connectivity index (χ0n) is 10.5. The lowest BCUT2D eigenvalue weighted by atomic mass is 9.97. The Morgan fingerprint density at radius 1 is 1.19 bits per heavy atom. The quantitative estimate of drug-likeness (QED) is 0.606. The molecule has 0 nitrogen and oxygen atoms in total. The second-order valence-corrected chi connectivity index (χ2v) is 5.93. The maximum atomic E-state index is 2.32. The molecule has 0 N–H and O–H groups in total. The van der Waals surface area contributed by atoms with Crippen molar-refractivity contribution >= 4 is 11.8 Å². The lowest BCUT2D eigenvalue weighted by molar-refractivity contribution is 0.689. The number of hydrogen-bond donors (Lipinski definition) is 0. The van der Waals surface area contributed by atoms with E-state index in [1.165, 1.54) is 43.4 Å². The molecule has 1 heterocycles. The first-order chi connectivity index (χ1) is 7.86. The van der Waals surface area contributed by atoms with Crippen molar-refractivity contribution in [2.45, 2.75) is 57.6 Å². The van der Waals surface area contributed by atoms with Gasteiger partial charge in [-0.15, -0.1) is 11.8 Å². The third-order valence-corrected chi connectivity index (χ3v) is 4.81. The molecule has 0 amide bonds. The van der Waals surface area contributed by atoms with E-state index in [1.807, 2.05) is 0 Å². The van der Waals surface area contributed by atoms with Crippen LogP contribution in [0.1, 0.15) is 52.4 Å². The lowest BCUT2D eigenvalue weighted by Crippen LogP contribution is -2.03. The van der Waals surface area contributed by atoms with Crippen LogP contribution in [0.5, 0.6) is 0 Å². The Labute approximate surface area is 104 Å². The Hall–Kier alpha value is -0.430. The van der Waals surface area contributed by atoms with Crippen molar-refractivity contribution < 1.29 is 0 Å². The summed E-state index contributed by atoms with van der Waals surface area (Å²) in [6.45, 7) is 4.58. The summed E-state index contributed by atoms with van der Waals surface area (Å²) in [5, 5.41) is 0.790. The molecule has 1 aliphatic carbocycles. The maximum absolute atomic E-state index is 2.32. The van der Waals surface area contributed by atoms with E-state index in [4.69, 9.17) is 0 Å². The highest BCUT2D eigenvalue weighted by atomic mass is 32.2. The van der Waals surface area contributed by atoms with Gasteiger partial charge in [0.15, 0.2) is 0 Å². The van der Waals surface area contributed by atoms with Crippen molar-refractivity contribution in [3.8, 4) is 0 Å². The van der Waals surface area contributed by atoms with Gasteiger partial charge in [0.2, 0.25) is 0 Å². The van der Waals surface area contributed by atoms with Gasteiger partial charge in [-0.25, -0.2) is 0 Å². The minimum Gasteiger partial charge on any atom is -0.118 e. The van der Waals surface area contributed by atoms with Gasteiger partial charge in [0, 0.05) is 10.2 Å². The minimum atomic E-state index is 0.790. The van der Waals surface area contributed by atoms with Crippen molar-refractivity contribution in [2.75, 3.05) is 0 Å². The summed E-state index contributed by atoms with van der Waals surface area (Å²) in [6.07, 6.45) is 14.9. The normalized spacial score (nSPS) is 22.9. The molecule has 0 saturated heterocycles. The van der Waals surface area contributed by atoms with Crippen LogP contribution in [0.2, 0.25) is 0 Å². The van der Waals surface area contributed by atoms with Gasteiger partial charge in [0.05, 0.1) is 0 Å². The molecule has 16 heavy (non-hydrogen) atoms. The summed E-state index contributed by atoms with van der Waals surface area (Å²) in [5.74, 6) is 0. The van der Waals surface area contributed by atoms with E-state index in [-0.39, 0.29) is 0 Å². The first-order valence-corrected chi connectivity index (χ1v) is 7.53. The third-order valence-electron chi connectivity index (χ3n) is 3.40. The van der Waals surface area contributed by atoms with Crippen molar-refractivity contribution in [3.63, 3.8) is 0 Å². The minimum absolute atomic E-state index is 0.790. The van der Waals surface area contributed by atoms with Crippen molar-refractivity contribution in [1.29, 1.82) is 0 Å². The maximum Gasteiger partial charge on any atom is 0.0313 e. The number of thioether (sulfide) groups is 1. The monoisotopic (exact) mass is 234 g/mol. The second-order valence-electron chi connectivity index (χ2n) is 4.68. The molecule has 88 valence electrons. The van der Waals surface area contributed by atoms with Gasteiger partial charge >= 0.3 is 0 Å². The average molecular weight is 234 g/mol. The SMILES string of the molecule is CCCCC1=C2C=CC=C2SC1CCCC. The van der Waals surface area contributed by atoms with Crippen LogP contribution in [-0.4, -0.2) is 5.25 Å². The van der Waals surface area contributed by atoms with Gasteiger partial charge in [0.25, 0.3) is 0 Å². The summed E-state index contributed by atoms with van der Waals surface area (Å²) in [6, 6.07) is 0. The zero-order valence-corrected chi connectivity index (χ0v) is 11.3. The van der Waals surface area contributed by atoms with Gasteiger partial charge in [0.1, 0.15) is 0 Å². The first kappa shape index (κ1) is 12.0. The van der Waals surface area contributed by atoms with Crippen LogP contribution in [0.3, 0.4) is 0 Å². The fourth-order valence-corrected chi connectivity index (χ4v) is 3.92. The molecule has 2 rings (SSSR count). The summed E-state index contributed by atoms with van der Waals surface area (Å²) in [7, 11) is 0. The Morgan fingerprint density at radius 3 is 2.75 bits per heavy atom. The third kappa shape index (κ3) is 2.45. The number of hydrogen-bond acceptors (Lipinski definition) is 1. The van der Waals surface area contributed by atoms with Gasteiger partial charge in [-0.3, -0.25) is 0 Å². The van der Waals surface area contributed by atoms with Crippen LogP contribution in [0.25, 0.3) is 0 Å². The molecule has 1 unspecified atom stereocenters. The second kappa shape index (κ2) is 5.77. The topological polar surface area (TPSA) is 0 Å². The van der Waals surface area contributed by atoms with Crippen LogP contribution in [0, 0.1) is 0 Å². The van der Waals surface area contributed by atoms with Gasteiger partial charge in [-0.1, -0.05) is 45.3 Å². The van der Waals surface area contributed by atoms with E-state index in [0.717, 1.165) is 5.25 Å². The van der Waals surface area contributed by atoms with E-state index in [1.54, 1.807) is 11.1 Å². The molecule has 0 bridgehead atoms. The molecule has 0 fully saturated rings. The Kier molecular flexibility index (Phi) is 4.34. The number of allylic oxidation sites excluding steroid dienone is 4. The van der Waals surface area contributed by atoms with E-state index in [2.05, 4.69) is 43.8 Å². The number of fused-ring (bicyclic) bond motifs is 1. The van der Waals surface area contributed by atoms with Gasteiger partial charge in [-0.2, -0.15) is 0 Å². The molecule has 0 aromatic carbocycles. The number of rotatable bonds is 6. The van der Waals surface area contributed by atoms with Gasteiger partial charge in [-0.05, 0) is 36.5 Å². The van der Waals surface area contributed by atoms with E-state index >= 15 is 0 Å². The van der Waals surface area contributed by atoms with Crippen LogP contribution in [0.15, 0.2) is 34.3 Å². The summed E-state index contributed by atoms with van der Waals surface area (Å²) in [5.41, 5.74) is 3.31. The van der Waals surface area contributed by atoms with E-state index < -0.39 is 0 Å². The summed E-state index contributed by atoms with van der Waals surface area (Å²) >= 11 is 2.10.